The van der Waals surface area contributed by atoms with Crippen molar-refractivity contribution < 1.29 is 18.0 Å². The van der Waals surface area contributed by atoms with E-state index in [1.165, 1.54) is 6.20 Å². The van der Waals surface area contributed by atoms with Crippen LogP contribution < -0.4 is 5.32 Å². The molecule has 1 atom stereocenters. The zero-order chi connectivity index (χ0) is 20.9. The van der Waals surface area contributed by atoms with Crippen molar-refractivity contribution in [2.75, 3.05) is 5.75 Å². The molecule has 0 saturated heterocycles. The lowest BCUT2D eigenvalue weighted by atomic mass is 10.1. The van der Waals surface area contributed by atoms with Gasteiger partial charge in [-0.3, -0.25) is 4.79 Å². The van der Waals surface area contributed by atoms with Gasteiger partial charge in [0.25, 0.3) is 0 Å². The molecule has 3 rings (SSSR count). The third-order valence-electron chi connectivity index (χ3n) is 4.24. The van der Waals surface area contributed by atoms with E-state index in [4.69, 9.17) is 0 Å². The van der Waals surface area contributed by atoms with Crippen LogP contribution in [-0.2, 0) is 11.3 Å². The van der Waals surface area contributed by atoms with Crippen molar-refractivity contribution in [3.63, 3.8) is 0 Å². The zero-order valence-electron chi connectivity index (χ0n) is 15.7. The summed E-state index contributed by atoms with van der Waals surface area (Å²) in [5.74, 6) is -0.297. The van der Waals surface area contributed by atoms with Crippen LogP contribution in [0.15, 0.2) is 72.0 Å². The Morgan fingerprint density at radius 1 is 1.10 bits per heavy atom. The van der Waals surface area contributed by atoms with Crippen molar-refractivity contribution in [2.24, 2.45) is 0 Å². The van der Waals surface area contributed by atoms with Crippen molar-refractivity contribution in [1.82, 2.24) is 14.9 Å². The minimum atomic E-state index is -4.40. The summed E-state index contributed by atoms with van der Waals surface area (Å²) in [5.41, 5.74) is 1.96. The van der Waals surface area contributed by atoms with E-state index in [1.807, 2.05) is 37.3 Å². The number of imidazole rings is 1. The van der Waals surface area contributed by atoms with Crippen LogP contribution >= 0.6 is 11.8 Å². The van der Waals surface area contributed by atoms with Crippen LogP contribution in [0.3, 0.4) is 0 Å². The molecule has 0 bridgehead atoms. The number of hydrogen-bond donors (Lipinski definition) is 1. The molecule has 152 valence electrons. The summed E-state index contributed by atoms with van der Waals surface area (Å²) >= 11 is 0.988. The Morgan fingerprint density at radius 3 is 2.34 bits per heavy atom. The fourth-order valence-electron chi connectivity index (χ4n) is 2.88. The average molecular weight is 419 g/mol. The smallest absolute Gasteiger partial charge is 0.349 e. The number of aromatic nitrogens is 2. The average Bonchev–Trinajstić information content (AvgIpc) is 3.08. The molecular formula is C21H20F3N3OS. The van der Waals surface area contributed by atoms with Crippen LogP contribution in [0.2, 0.25) is 0 Å². The summed E-state index contributed by atoms with van der Waals surface area (Å²) in [7, 11) is 0. The first kappa shape index (κ1) is 21.0. The first-order valence-corrected chi connectivity index (χ1v) is 9.97. The fraction of sp³-hybridized carbons (Fsp3) is 0.238. The quantitative estimate of drug-likeness (QED) is 0.543. The maximum absolute atomic E-state index is 13.1. The number of amides is 1. The zero-order valence-corrected chi connectivity index (χ0v) is 16.5. The standard InChI is InChI=1S/C21H20F3N3OS/c1-15(16-8-4-2-5-9-16)26-19(28)13-29-20-25-12-18(17-10-6-3-7-11-17)27(20)14-21(22,23)24/h2-12,15H,13-14H2,1H3,(H,26,28). The van der Waals surface area contributed by atoms with Gasteiger partial charge < -0.3 is 9.88 Å². The number of nitrogens with one attached hydrogen (secondary N) is 1. The molecule has 2 aromatic carbocycles. The molecule has 0 radical (unpaired) electrons. The predicted molar refractivity (Wildman–Crippen MR) is 107 cm³/mol. The predicted octanol–water partition coefficient (Wildman–Crippen LogP) is 5.08. The Morgan fingerprint density at radius 2 is 1.72 bits per heavy atom. The van der Waals surface area contributed by atoms with E-state index in [2.05, 4.69) is 10.3 Å². The van der Waals surface area contributed by atoms with E-state index < -0.39 is 12.7 Å². The summed E-state index contributed by atoms with van der Waals surface area (Å²) < 4.78 is 40.5. The van der Waals surface area contributed by atoms with E-state index >= 15 is 0 Å². The SMILES string of the molecule is CC(NC(=O)CSc1ncc(-c2ccccc2)n1CC(F)(F)F)c1ccccc1. The van der Waals surface area contributed by atoms with Crippen LogP contribution in [0.4, 0.5) is 13.2 Å². The number of nitrogens with zero attached hydrogens (tertiary/aromatic N) is 2. The molecule has 1 amide bonds. The van der Waals surface area contributed by atoms with Gasteiger partial charge in [-0.2, -0.15) is 13.2 Å². The topological polar surface area (TPSA) is 46.9 Å². The molecule has 0 aliphatic carbocycles. The highest BCUT2D eigenvalue weighted by atomic mass is 32.2. The molecule has 1 aromatic heterocycles. The lowest BCUT2D eigenvalue weighted by Gasteiger charge is -2.15. The summed E-state index contributed by atoms with van der Waals surface area (Å²) in [6.07, 6.45) is -2.99. The van der Waals surface area contributed by atoms with Crippen molar-refractivity contribution in [2.45, 2.75) is 30.8 Å². The highest BCUT2D eigenvalue weighted by Crippen LogP contribution is 2.30. The Hall–Kier alpha value is -2.74. The number of thioether (sulfide) groups is 1. The van der Waals surface area contributed by atoms with Gasteiger partial charge >= 0.3 is 6.18 Å². The molecule has 0 saturated carbocycles. The first-order valence-electron chi connectivity index (χ1n) is 8.98. The van der Waals surface area contributed by atoms with Crippen LogP contribution in [0, 0.1) is 0 Å². The number of halogens is 3. The second-order valence-electron chi connectivity index (χ2n) is 6.48. The van der Waals surface area contributed by atoms with Gasteiger partial charge in [-0.05, 0) is 18.1 Å². The maximum atomic E-state index is 13.1. The molecule has 1 N–H and O–H groups in total. The Kier molecular flexibility index (Phi) is 6.64. The molecule has 3 aromatic rings. The monoisotopic (exact) mass is 419 g/mol. The molecule has 1 unspecified atom stereocenters. The van der Waals surface area contributed by atoms with E-state index in [1.54, 1.807) is 30.3 Å². The molecule has 0 aliphatic rings. The number of benzene rings is 2. The molecular weight excluding hydrogens is 399 g/mol. The van der Waals surface area contributed by atoms with Gasteiger partial charge in [-0.25, -0.2) is 4.98 Å². The van der Waals surface area contributed by atoms with Crippen molar-refractivity contribution in [3.8, 4) is 11.3 Å². The second-order valence-corrected chi connectivity index (χ2v) is 7.42. The molecule has 1 heterocycles. The number of hydrogen-bond acceptors (Lipinski definition) is 3. The van der Waals surface area contributed by atoms with E-state index in [0.717, 1.165) is 21.9 Å². The normalized spacial score (nSPS) is 12.6. The summed E-state index contributed by atoms with van der Waals surface area (Å²) in [5, 5.41) is 3.01. The lowest BCUT2D eigenvalue weighted by molar-refractivity contribution is -0.141. The number of carbonyl (C=O) groups excluding carboxylic acids is 1. The number of alkyl halides is 3. The van der Waals surface area contributed by atoms with Gasteiger partial charge in [0.2, 0.25) is 5.91 Å². The van der Waals surface area contributed by atoms with Gasteiger partial charge in [0.15, 0.2) is 5.16 Å². The molecule has 0 aliphatic heterocycles. The van der Waals surface area contributed by atoms with Gasteiger partial charge in [0.05, 0.1) is 23.7 Å². The van der Waals surface area contributed by atoms with Crippen LogP contribution in [0.5, 0.6) is 0 Å². The minimum absolute atomic E-state index is 0.0275. The summed E-state index contributed by atoms with van der Waals surface area (Å²) in [6.45, 7) is 0.692. The summed E-state index contributed by atoms with van der Waals surface area (Å²) in [6, 6.07) is 18.0. The molecule has 8 heteroatoms. The van der Waals surface area contributed by atoms with E-state index in [0.29, 0.717) is 11.3 Å². The second kappa shape index (κ2) is 9.17. The van der Waals surface area contributed by atoms with Gasteiger partial charge in [-0.15, -0.1) is 0 Å². The maximum Gasteiger partial charge on any atom is 0.406 e. The Labute approximate surface area is 171 Å². The van der Waals surface area contributed by atoms with E-state index in [9.17, 15) is 18.0 Å². The van der Waals surface area contributed by atoms with Crippen LogP contribution in [0.1, 0.15) is 18.5 Å². The van der Waals surface area contributed by atoms with E-state index in [-0.39, 0.29) is 22.9 Å². The molecule has 4 nitrogen and oxygen atoms in total. The van der Waals surface area contributed by atoms with Gasteiger partial charge in [-0.1, -0.05) is 72.4 Å². The van der Waals surface area contributed by atoms with Crippen molar-refractivity contribution >= 4 is 17.7 Å². The van der Waals surface area contributed by atoms with Crippen LogP contribution in [0.25, 0.3) is 11.3 Å². The summed E-state index contributed by atoms with van der Waals surface area (Å²) in [4.78, 5) is 16.4. The third kappa shape index (κ3) is 5.87. The Balaban J connectivity index is 1.71. The number of rotatable bonds is 7. The van der Waals surface area contributed by atoms with Gasteiger partial charge in [0, 0.05) is 0 Å². The first-order chi connectivity index (χ1) is 13.8. The lowest BCUT2D eigenvalue weighted by Crippen LogP contribution is -2.28. The number of carbonyl (C=O) groups is 1. The van der Waals surface area contributed by atoms with Gasteiger partial charge in [0.1, 0.15) is 6.54 Å². The highest BCUT2D eigenvalue weighted by Gasteiger charge is 2.31. The third-order valence-corrected chi connectivity index (χ3v) is 5.23. The minimum Gasteiger partial charge on any atom is -0.349 e. The Bertz CT molecular complexity index is 943. The highest BCUT2D eigenvalue weighted by molar-refractivity contribution is 7.99. The van der Waals surface area contributed by atoms with Crippen LogP contribution in [-0.4, -0.2) is 27.4 Å². The van der Waals surface area contributed by atoms with Crippen molar-refractivity contribution in [1.29, 1.82) is 0 Å². The molecule has 0 fully saturated rings. The van der Waals surface area contributed by atoms with Crippen molar-refractivity contribution in [3.05, 3.63) is 72.4 Å². The largest absolute Gasteiger partial charge is 0.406 e. The fourth-order valence-corrected chi connectivity index (χ4v) is 3.67. The molecule has 29 heavy (non-hydrogen) atoms. The molecule has 0 spiro atoms.